The molecule has 2 amide bonds. The molecule has 1 saturated heterocycles. The number of ether oxygens (including phenoxy) is 2. The molecule has 1 aliphatic heterocycles. The first-order valence-corrected chi connectivity index (χ1v) is 12.7. The number of benzene rings is 3. The fourth-order valence-electron chi connectivity index (χ4n) is 4.53. The van der Waals surface area contributed by atoms with Crippen molar-refractivity contribution in [2.75, 3.05) is 51.8 Å². The van der Waals surface area contributed by atoms with Crippen LogP contribution in [0.2, 0.25) is 5.02 Å². The molecular formula is C29H30ClN3O5. The molecule has 1 N–H and O–H groups in total. The molecule has 0 radical (unpaired) electrons. The van der Waals surface area contributed by atoms with Crippen molar-refractivity contribution in [2.24, 2.45) is 0 Å². The van der Waals surface area contributed by atoms with Crippen LogP contribution in [0.3, 0.4) is 0 Å². The van der Waals surface area contributed by atoms with E-state index in [9.17, 15) is 14.4 Å². The lowest BCUT2D eigenvalue weighted by molar-refractivity contribution is -0.139. The van der Waals surface area contributed by atoms with Gasteiger partial charge in [-0.05, 0) is 29.3 Å². The fourth-order valence-corrected chi connectivity index (χ4v) is 4.70. The zero-order valence-electron chi connectivity index (χ0n) is 21.1. The van der Waals surface area contributed by atoms with Gasteiger partial charge in [0, 0.05) is 31.2 Å². The summed E-state index contributed by atoms with van der Waals surface area (Å²) in [6.07, 6.45) is 0. The number of methoxy groups -OCH3 is 1. The Bertz CT molecular complexity index is 1210. The quantitative estimate of drug-likeness (QED) is 0.416. The van der Waals surface area contributed by atoms with Gasteiger partial charge in [-0.3, -0.25) is 14.5 Å². The van der Waals surface area contributed by atoms with Crippen LogP contribution in [0.4, 0.5) is 5.69 Å². The van der Waals surface area contributed by atoms with E-state index in [2.05, 4.69) is 34.5 Å². The molecule has 3 aromatic rings. The van der Waals surface area contributed by atoms with Crippen LogP contribution in [0.1, 0.15) is 27.5 Å². The van der Waals surface area contributed by atoms with Gasteiger partial charge in [-0.25, -0.2) is 4.79 Å². The van der Waals surface area contributed by atoms with Crippen molar-refractivity contribution in [1.29, 1.82) is 0 Å². The number of anilines is 1. The topological polar surface area (TPSA) is 88.2 Å². The van der Waals surface area contributed by atoms with E-state index in [0.717, 1.165) is 0 Å². The predicted molar refractivity (Wildman–Crippen MR) is 145 cm³/mol. The number of amides is 2. The lowest BCUT2D eigenvalue weighted by Crippen LogP contribution is -2.50. The summed E-state index contributed by atoms with van der Waals surface area (Å²) in [7, 11) is 1.25. The highest BCUT2D eigenvalue weighted by Gasteiger charge is 2.28. The summed E-state index contributed by atoms with van der Waals surface area (Å²) in [5, 5.41) is 2.94. The smallest absolute Gasteiger partial charge is 0.339 e. The Morgan fingerprint density at radius 1 is 0.868 bits per heavy atom. The van der Waals surface area contributed by atoms with Gasteiger partial charge in [0.25, 0.3) is 0 Å². The van der Waals surface area contributed by atoms with E-state index >= 15 is 0 Å². The minimum absolute atomic E-state index is 0.107. The van der Waals surface area contributed by atoms with E-state index in [1.807, 2.05) is 36.4 Å². The van der Waals surface area contributed by atoms with Gasteiger partial charge in [0.05, 0.1) is 24.4 Å². The van der Waals surface area contributed by atoms with Crippen molar-refractivity contribution in [3.05, 3.63) is 101 Å². The molecule has 1 heterocycles. The molecule has 0 atom stereocenters. The molecule has 198 valence electrons. The Labute approximate surface area is 227 Å². The summed E-state index contributed by atoms with van der Waals surface area (Å²) in [5.74, 6) is -1.29. The number of hydrogen-bond acceptors (Lipinski definition) is 6. The first kappa shape index (κ1) is 27.3. The minimum Gasteiger partial charge on any atom is -0.465 e. The van der Waals surface area contributed by atoms with Crippen LogP contribution in [0.15, 0.2) is 78.9 Å². The summed E-state index contributed by atoms with van der Waals surface area (Å²) in [6.45, 7) is 2.00. The summed E-state index contributed by atoms with van der Waals surface area (Å²) >= 11 is 5.99. The number of carbonyl (C=O) groups is 3. The lowest BCUT2D eigenvalue weighted by Gasteiger charge is -2.39. The zero-order chi connectivity index (χ0) is 26.9. The van der Waals surface area contributed by atoms with Gasteiger partial charge in [0.2, 0.25) is 11.8 Å². The Kier molecular flexibility index (Phi) is 9.48. The molecule has 38 heavy (non-hydrogen) atoms. The summed E-state index contributed by atoms with van der Waals surface area (Å²) in [5.41, 5.74) is 2.81. The van der Waals surface area contributed by atoms with Crippen molar-refractivity contribution in [3.63, 3.8) is 0 Å². The maximum absolute atomic E-state index is 12.8. The largest absolute Gasteiger partial charge is 0.465 e. The number of esters is 1. The van der Waals surface area contributed by atoms with Crippen LogP contribution >= 0.6 is 11.6 Å². The molecule has 8 nitrogen and oxygen atoms in total. The van der Waals surface area contributed by atoms with Crippen LogP contribution in [0.25, 0.3) is 0 Å². The van der Waals surface area contributed by atoms with Crippen LogP contribution in [0, 0.1) is 0 Å². The van der Waals surface area contributed by atoms with E-state index in [-0.39, 0.29) is 36.4 Å². The number of rotatable bonds is 9. The molecule has 9 heteroatoms. The normalized spacial score (nSPS) is 13.8. The van der Waals surface area contributed by atoms with E-state index in [4.69, 9.17) is 21.1 Å². The number of nitrogens with zero attached hydrogens (tertiary/aromatic N) is 2. The zero-order valence-corrected chi connectivity index (χ0v) is 21.9. The second-order valence-electron chi connectivity index (χ2n) is 8.86. The maximum atomic E-state index is 12.8. The minimum atomic E-state index is -0.603. The highest BCUT2D eigenvalue weighted by atomic mass is 35.5. The molecule has 0 aromatic heterocycles. The first-order valence-electron chi connectivity index (χ1n) is 12.3. The van der Waals surface area contributed by atoms with Gasteiger partial charge in [0.15, 0.2) is 0 Å². The summed E-state index contributed by atoms with van der Waals surface area (Å²) in [6, 6.07) is 25.3. The van der Waals surface area contributed by atoms with Crippen molar-refractivity contribution in [2.45, 2.75) is 6.04 Å². The molecule has 0 spiro atoms. The second kappa shape index (κ2) is 13.2. The van der Waals surface area contributed by atoms with Crippen LogP contribution in [-0.2, 0) is 19.1 Å². The number of piperazine rings is 1. The summed E-state index contributed by atoms with van der Waals surface area (Å²) < 4.78 is 10.1. The van der Waals surface area contributed by atoms with Crippen LogP contribution < -0.4 is 5.32 Å². The standard InChI is InChI=1S/C29H30ClN3O5/c1-37-29(36)24-13-12-23(30)18-25(24)31-26(34)19-38-20-27(35)32-14-16-33(17-15-32)28(21-8-4-2-5-9-21)22-10-6-3-7-11-22/h2-13,18,28H,14-17,19-20H2,1H3,(H,31,34). The fraction of sp³-hybridized carbons (Fsp3) is 0.276. The molecular weight excluding hydrogens is 506 g/mol. The summed E-state index contributed by atoms with van der Waals surface area (Å²) in [4.78, 5) is 41.2. The molecule has 1 aliphatic rings. The van der Waals surface area contributed by atoms with Crippen molar-refractivity contribution in [1.82, 2.24) is 9.80 Å². The molecule has 1 fully saturated rings. The highest BCUT2D eigenvalue weighted by molar-refractivity contribution is 6.31. The number of halogens is 1. The molecule has 0 aliphatic carbocycles. The van der Waals surface area contributed by atoms with Gasteiger partial charge < -0.3 is 19.7 Å². The Morgan fingerprint density at radius 2 is 1.47 bits per heavy atom. The maximum Gasteiger partial charge on any atom is 0.339 e. The lowest BCUT2D eigenvalue weighted by atomic mass is 9.96. The molecule has 0 saturated carbocycles. The van der Waals surface area contributed by atoms with E-state index in [1.165, 1.54) is 36.4 Å². The predicted octanol–water partition coefficient (Wildman–Crippen LogP) is 4.02. The molecule has 0 bridgehead atoms. The van der Waals surface area contributed by atoms with Gasteiger partial charge in [-0.2, -0.15) is 0 Å². The van der Waals surface area contributed by atoms with Crippen molar-refractivity contribution < 1.29 is 23.9 Å². The third-order valence-corrected chi connectivity index (χ3v) is 6.62. The van der Waals surface area contributed by atoms with Gasteiger partial charge in [-0.15, -0.1) is 0 Å². The third-order valence-electron chi connectivity index (χ3n) is 6.38. The number of nitrogens with one attached hydrogen (secondary N) is 1. The van der Waals surface area contributed by atoms with E-state index in [1.54, 1.807) is 4.90 Å². The SMILES string of the molecule is COC(=O)c1ccc(Cl)cc1NC(=O)COCC(=O)N1CCN(C(c2ccccc2)c2ccccc2)CC1. The third kappa shape index (κ3) is 6.98. The molecule has 3 aromatic carbocycles. The van der Waals surface area contributed by atoms with Crippen LogP contribution in [0.5, 0.6) is 0 Å². The molecule has 4 rings (SSSR count). The Morgan fingerprint density at radius 3 is 2.05 bits per heavy atom. The number of carbonyl (C=O) groups excluding carboxylic acids is 3. The van der Waals surface area contributed by atoms with Gasteiger partial charge >= 0.3 is 5.97 Å². The van der Waals surface area contributed by atoms with Gasteiger partial charge in [-0.1, -0.05) is 72.3 Å². The van der Waals surface area contributed by atoms with E-state index in [0.29, 0.717) is 31.2 Å². The van der Waals surface area contributed by atoms with Crippen molar-refractivity contribution >= 4 is 35.1 Å². The van der Waals surface area contributed by atoms with E-state index < -0.39 is 11.9 Å². The van der Waals surface area contributed by atoms with Crippen LogP contribution in [-0.4, -0.2) is 74.1 Å². The monoisotopic (exact) mass is 535 g/mol. The average Bonchev–Trinajstić information content (AvgIpc) is 2.94. The highest BCUT2D eigenvalue weighted by Crippen LogP contribution is 2.29. The van der Waals surface area contributed by atoms with Crippen molar-refractivity contribution in [3.8, 4) is 0 Å². The number of hydrogen-bond donors (Lipinski definition) is 1. The first-order chi connectivity index (χ1) is 18.5. The average molecular weight is 536 g/mol. The Balaban J connectivity index is 1.28. The molecule has 0 unspecified atom stereocenters. The van der Waals surface area contributed by atoms with Gasteiger partial charge in [0.1, 0.15) is 13.2 Å². The second-order valence-corrected chi connectivity index (χ2v) is 9.30. The Hall–Kier alpha value is -3.72.